The van der Waals surface area contributed by atoms with E-state index in [0.717, 1.165) is 25.7 Å². The highest BCUT2D eigenvalue weighted by atomic mass is 16.2. The highest BCUT2D eigenvalue weighted by Gasteiger charge is 2.49. The van der Waals surface area contributed by atoms with Crippen molar-refractivity contribution < 1.29 is 4.79 Å². The minimum absolute atomic E-state index is 0.110. The number of nitrogens with zero attached hydrogens (tertiary/aromatic N) is 1. The van der Waals surface area contributed by atoms with Crippen molar-refractivity contribution in [2.75, 3.05) is 7.05 Å². The van der Waals surface area contributed by atoms with Gasteiger partial charge in [-0.3, -0.25) is 4.79 Å². The summed E-state index contributed by atoms with van der Waals surface area (Å²) in [7, 11) is 1.89. The van der Waals surface area contributed by atoms with Crippen LogP contribution in [0.5, 0.6) is 0 Å². The van der Waals surface area contributed by atoms with Crippen LogP contribution < -0.4 is 5.73 Å². The summed E-state index contributed by atoms with van der Waals surface area (Å²) in [4.78, 5) is 14.1. The molecule has 2 N–H and O–H groups in total. The minimum atomic E-state index is -0.549. The van der Waals surface area contributed by atoms with Gasteiger partial charge in [-0.1, -0.05) is 24.3 Å². The first-order valence-electron chi connectivity index (χ1n) is 6.26. The Hall–Kier alpha value is -1.35. The van der Waals surface area contributed by atoms with E-state index in [1.807, 2.05) is 18.0 Å². The first-order chi connectivity index (χ1) is 8.12. The zero-order valence-corrected chi connectivity index (χ0v) is 10.1. The molecule has 0 saturated heterocycles. The van der Waals surface area contributed by atoms with Gasteiger partial charge in [-0.2, -0.15) is 0 Å². The van der Waals surface area contributed by atoms with E-state index in [9.17, 15) is 4.79 Å². The molecule has 1 aromatic rings. The number of aryl methyl sites for hydroxylation is 1. The molecule has 17 heavy (non-hydrogen) atoms. The first kappa shape index (κ1) is 10.8. The Bertz CT molecular complexity index is 465. The molecule has 1 unspecified atom stereocenters. The van der Waals surface area contributed by atoms with Gasteiger partial charge < -0.3 is 10.6 Å². The third-order valence-corrected chi connectivity index (χ3v) is 4.10. The minimum Gasteiger partial charge on any atom is -0.337 e. The van der Waals surface area contributed by atoms with Gasteiger partial charge in [0.15, 0.2) is 0 Å². The molecule has 1 fully saturated rings. The average Bonchev–Trinajstić information content (AvgIpc) is 2.95. The molecule has 0 heterocycles. The van der Waals surface area contributed by atoms with Gasteiger partial charge in [-0.25, -0.2) is 0 Å². The number of hydrogen-bond acceptors (Lipinski definition) is 2. The van der Waals surface area contributed by atoms with Crippen molar-refractivity contribution in [2.24, 2.45) is 5.73 Å². The maximum absolute atomic E-state index is 12.2. The molecule has 0 aromatic heterocycles. The van der Waals surface area contributed by atoms with Crippen molar-refractivity contribution in [3.8, 4) is 0 Å². The van der Waals surface area contributed by atoms with E-state index in [0.29, 0.717) is 0 Å². The summed E-state index contributed by atoms with van der Waals surface area (Å²) in [5.41, 5.74) is 8.11. The smallest absolute Gasteiger partial charge is 0.242 e. The molecule has 0 spiro atoms. The Kier molecular flexibility index (Phi) is 2.26. The largest absolute Gasteiger partial charge is 0.337 e. The quantitative estimate of drug-likeness (QED) is 0.839. The van der Waals surface area contributed by atoms with Gasteiger partial charge in [0.05, 0.1) is 11.6 Å². The second-order valence-electron chi connectivity index (χ2n) is 5.33. The monoisotopic (exact) mass is 230 g/mol. The van der Waals surface area contributed by atoms with Gasteiger partial charge in [0, 0.05) is 7.05 Å². The Balaban J connectivity index is 1.84. The molecule has 3 nitrogen and oxygen atoms in total. The zero-order valence-electron chi connectivity index (χ0n) is 10.1. The number of carbonyl (C=O) groups excluding carboxylic acids is 1. The van der Waals surface area contributed by atoms with E-state index in [4.69, 9.17) is 5.73 Å². The Morgan fingerprint density at radius 3 is 2.82 bits per heavy atom. The van der Waals surface area contributed by atoms with Crippen LogP contribution in [0.4, 0.5) is 0 Å². The Labute approximate surface area is 102 Å². The highest BCUT2D eigenvalue weighted by molar-refractivity contribution is 5.89. The summed E-state index contributed by atoms with van der Waals surface area (Å²) >= 11 is 0. The number of likely N-dealkylation sites (N-methyl/N-ethyl adjacent to an activating group) is 1. The summed E-state index contributed by atoms with van der Waals surface area (Å²) in [6, 6.07) is 8.62. The third kappa shape index (κ3) is 1.65. The van der Waals surface area contributed by atoms with Crippen LogP contribution in [0, 0.1) is 0 Å². The maximum atomic E-state index is 12.2. The van der Waals surface area contributed by atoms with Crippen LogP contribution in [0.3, 0.4) is 0 Å². The fourth-order valence-corrected chi connectivity index (χ4v) is 2.78. The van der Waals surface area contributed by atoms with Crippen LogP contribution in [-0.4, -0.2) is 23.4 Å². The van der Waals surface area contributed by atoms with Crippen molar-refractivity contribution in [3.05, 3.63) is 35.4 Å². The molecule has 0 bridgehead atoms. The molecule has 0 aliphatic heterocycles. The lowest BCUT2D eigenvalue weighted by atomic mass is 10.1. The fraction of sp³-hybridized carbons (Fsp3) is 0.500. The number of fused-ring (bicyclic) bond motifs is 1. The Morgan fingerprint density at radius 2 is 2.12 bits per heavy atom. The molecular formula is C14H18N2O. The summed E-state index contributed by atoms with van der Waals surface area (Å²) in [6.45, 7) is 0. The van der Waals surface area contributed by atoms with Crippen LogP contribution in [0.25, 0.3) is 0 Å². The van der Waals surface area contributed by atoms with Crippen LogP contribution in [-0.2, 0) is 11.2 Å². The molecule has 1 saturated carbocycles. The standard InChI is InChI=1S/C14H18N2O/c1-16(13(17)14(15)8-9-14)12-7-6-10-4-2-3-5-11(10)12/h2-5,12H,6-9,15H2,1H3. The third-order valence-electron chi connectivity index (χ3n) is 4.10. The first-order valence-corrected chi connectivity index (χ1v) is 6.26. The van der Waals surface area contributed by atoms with E-state index in [1.54, 1.807) is 0 Å². The van der Waals surface area contributed by atoms with Crippen LogP contribution in [0.1, 0.15) is 36.4 Å². The predicted molar refractivity (Wildman–Crippen MR) is 66.4 cm³/mol. The molecule has 90 valence electrons. The SMILES string of the molecule is CN(C(=O)C1(N)CC1)C1CCc2ccccc21. The van der Waals surface area contributed by atoms with Gasteiger partial charge in [0.2, 0.25) is 5.91 Å². The van der Waals surface area contributed by atoms with Gasteiger partial charge in [-0.05, 0) is 36.8 Å². The number of hydrogen-bond donors (Lipinski definition) is 1. The molecular weight excluding hydrogens is 212 g/mol. The van der Waals surface area contributed by atoms with E-state index in [1.165, 1.54) is 11.1 Å². The van der Waals surface area contributed by atoms with Crippen LogP contribution >= 0.6 is 0 Å². The number of amides is 1. The summed E-state index contributed by atoms with van der Waals surface area (Å²) < 4.78 is 0. The van der Waals surface area contributed by atoms with Gasteiger partial charge >= 0.3 is 0 Å². The molecule has 1 atom stereocenters. The molecule has 3 rings (SSSR count). The summed E-state index contributed by atoms with van der Waals surface area (Å²) in [5.74, 6) is 0.110. The zero-order chi connectivity index (χ0) is 12.0. The van der Waals surface area contributed by atoms with E-state index >= 15 is 0 Å². The summed E-state index contributed by atoms with van der Waals surface area (Å²) in [5, 5.41) is 0. The van der Waals surface area contributed by atoms with Crippen LogP contribution in [0.15, 0.2) is 24.3 Å². The molecule has 0 radical (unpaired) electrons. The van der Waals surface area contributed by atoms with Gasteiger partial charge in [0.1, 0.15) is 0 Å². The molecule has 1 amide bonds. The molecule has 2 aliphatic rings. The number of rotatable bonds is 2. The molecule has 2 aliphatic carbocycles. The second-order valence-corrected chi connectivity index (χ2v) is 5.33. The topological polar surface area (TPSA) is 46.3 Å². The van der Waals surface area contributed by atoms with E-state index < -0.39 is 5.54 Å². The fourth-order valence-electron chi connectivity index (χ4n) is 2.78. The summed E-state index contributed by atoms with van der Waals surface area (Å²) in [6.07, 6.45) is 3.77. The maximum Gasteiger partial charge on any atom is 0.242 e. The number of nitrogens with two attached hydrogens (primary N) is 1. The second kappa shape index (κ2) is 3.57. The number of benzene rings is 1. The van der Waals surface area contributed by atoms with Crippen molar-refractivity contribution in [1.29, 1.82) is 0 Å². The van der Waals surface area contributed by atoms with E-state index in [-0.39, 0.29) is 11.9 Å². The predicted octanol–water partition coefficient (Wildman–Crippen LogP) is 1.62. The molecule has 3 heteroatoms. The van der Waals surface area contributed by atoms with Crippen molar-refractivity contribution in [1.82, 2.24) is 4.90 Å². The van der Waals surface area contributed by atoms with Crippen molar-refractivity contribution in [2.45, 2.75) is 37.3 Å². The van der Waals surface area contributed by atoms with Crippen molar-refractivity contribution >= 4 is 5.91 Å². The molecule has 1 aromatic carbocycles. The Morgan fingerprint density at radius 1 is 1.41 bits per heavy atom. The van der Waals surface area contributed by atoms with E-state index in [2.05, 4.69) is 18.2 Å². The lowest BCUT2D eigenvalue weighted by Crippen LogP contribution is -2.44. The highest BCUT2D eigenvalue weighted by Crippen LogP contribution is 2.40. The average molecular weight is 230 g/mol. The normalized spacial score (nSPS) is 24.2. The van der Waals surface area contributed by atoms with Crippen molar-refractivity contribution in [3.63, 3.8) is 0 Å². The lowest BCUT2D eigenvalue weighted by Gasteiger charge is -2.28. The van der Waals surface area contributed by atoms with Gasteiger partial charge in [-0.15, -0.1) is 0 Å². The van der Waals surface area contributed by atoms with Crippen LogP contribution in [0.2, 0.25) is 0 Å². The lowest BCUT2D eigenvalue weighted by molar-refractivity contribution is -0.134. The number of carbonyl (C=O) groups is 1. The van der Waals surface area contributed by atoms with Gasteiger partial charge in [0.25, 0.3) is 0 Å².